The van der Waals surface area contributed by atoms with Gasteiger partial charge in [0.05, 0.1) is 11.5 Å². The Morgan fingerprint density at radius 2 is 1.95 bits per heavy atom. The molecule has 9 heteroatoms. The van der Waals surface area contributed by atoms with E-state index in [1.807, 2.05) is 6.92 Å². The molecule has 1 aliphatic heterocycles. The molecule has 0 saturated carbocycles. The van der Waals surface area contributed by atoms with Gasteiger partial charge in [-0.2, -0.15) is 4.31 Å². The average molecular weight is 333 g/mol. The lowest BCUT2D eigenvalue weighted by Gasteiger charge is -2.25. The zero-order valence-electron chi connectivity index (χ0n) is 11.8. The average Bonchev–Trinajstić information content (AvgIpc) is 2.45. The number of hydrogen-bond donors (Lipinski definition) is 1. The quantitative estimate of drug-likeness (QED) is 0.788. The molecule has 7 nitrogen and oxygen atoms in total. The molecule has 0 aliphatic carbocycles. The fraction of sp³-hybridized carbons (Fsp3) is 0.583. The van der Waals surface area contributed by atoms with E-state index < -0.39 is 19.9 Å². The first-order valence-corrected chi connectivity index (χ1v) is 9.97. The summed E-state index contributed by atoms with van der Waals surface area (Å²) in [6.07, 6.45) is 1.52. The highest BCUT2D eigenvalue weighted by molar-refractivity contribution is 7.92. The van der Waals surface area contributed by atoms with Gasteiger partial charge in [-0.3, -0.25) is 0 Å². The van der Waals surface area contributed by atoms with Crippen molar-refractivity contribution in [2.45, 2.75) is 18.5 Å². The lowest BCUT2D eigenvalue weighted by molar-refractivity contribution is 0.428. The molecule has 21 heavy (non-hydrogen) atoms. The smallest absolute Gasteiger partial charge is 0.260 e. The summed E-state index contributed by atoms with van der Waals surface area (Å²) in [6, 6.07) is 3.17. The van der Waals surface area contributed by atoms with Crippen LogP contribution in [0.15, 0.2) is 23.4 Å². The van der Waals surface area contributed by atoms with Crippen molar-refractivity contribution >= 4 is 19.9 Å². The maximum absolute atomic E-state index is 12.4. The van der Waals surface area contributed by atoms with E-state index >= 15 is 0 Å². The molecule has 1 aromatic heterocycles. The van der Waals surface area contributed by atoms with Crippen LogP contribution in [0.1, 0.15) is 12.5 Å². The van der Waals surface area contributed by atoms with Gasteiger partial charge in [0.15, 0.2) is 14.9 Å². The Morgan fingerprint density at radius 3 is 2.48 bits per heavy atom. The molecule has 1 saturated heterocycles. The maximum atomic E-state index is 12.4. The molecule has 0 bridgehead atoms. The second-order valence-corrected chi connectivity index (χ2v) is 9.03. The molecule has 0 aromatic carbocycles. The van der Waals surface area contributed by atoms with Crippen molar-refractivity contribution in [2.75, 3.05) is 31.1 Å². The first-order chi connectivity index (χ1) is 9.85. The van der Waals surface area contributed by atoms with Crippen LogP contribution in [0.3, 0.4) is 0 Å². The van der Waals surface area contributed by atoms with E-state index in [2.05, 4.69) is 10.3 Å². The number of nitrogens with zero attached hydrogens (tertiary/aromatic N) is 2. The summed E-state index contributed by atoms with van der Waals surface area (Å²) in [5, 5.41) is 3.09. The molecule has 0 atom stereocenters. The van der Waals surface area contributed by atoms with Crippen LogP contribution in [0.5, 0.6) is 0 Å². The lowest BCUT2D eigenvalue weighted by atomic mass is 10.3. The predicted octanol–water partition coefficient (Wildman–Crippen LogP) is -0.390. The number of sulfonamides is 1. The summed E-state index contributed by atoms with van der Waals surface area (Å²) in [6.45, 7) is 3.42. The van der Waals surface area contributed by atoms with Crippen molar-refractivity contribution in [3.05, 3.63) is 23.9 Å². The number of aromatic nitrogens is 1. The Kier molecular flexibility index (Phi) is 4.97. The van der Waals surface area contributed by atoms with Gasteiger partial charge in [0.2, 0.25) is 0 Å². The maximum Gasteiger partial charge on any atom is 0.260 e. The van der Waals surface area contributed by atoms with Crippen molar-refractivity contribution in [1.82, 2.24) is 14.6 Å². The number of nitrogens with one attached hydrogen (secondary N) is 1. The molecule has 1 fully saturated rings. The molecule has 1 N–H and O–H groups in total. The minimum absolute atomic E-state index is 0.00844. The molecule has 0 amide bonds. The lowest BCUT2D eigenvalue weighted by Crippen LogP contribution is -2.43. The van der Waals surface area contributed by atoms with Gasteiger partial charge < -0.3 is 5.32 Å². The van der Waals surface area contributed by atoms with Crippen molar-refractivity contribution in [3.63, 3.8) is 0 Å². The predicted molar refractivity (Wildman–Crippen MR) is 79.0 cm³/mol. The summed E-state index contributed by atoms with van der Waals surface area (Å²) in [5.41, 5.74) is 0.900. The molecule has 0 spiro atoms. The van der Waals surface area contributed by atoms with E-state index in [0.717, 1.165) is 12.1 Å². The van der Waals surface area contributed by atoms with E-state index in [0.29, 0.717) is 6.54 Å². The van der Waals surface area contributed by atoms with Crippen LogP contribution in [0.4, 0.5) is 0 Å². The van der Waals surface area contributed by atoms with E-state index in [4.69, 9.17) is 0 Å². The van der Waals surface area contributed by atoms with Crippen molar-refractivity contribution in [1.29, 1.82) is 0 Å². The standard InChI is InChI=1S/C12H19N3O4S2/c1-2-13-9-11-3-4-12(14-10-11)21(18,19)15-5-7-20(16,17)8-6-15/h3-4,10,13H,2,5-9H2,1H3. The second kappa shape index (κ2) is 6.39. The van der Waals surface area contributed by atoms with Gasteiger partial charge in [-0.15, -0.1) is 0 Å². The number of sulfone groups is 1. The summed E-state index contributed by atoms with van der Waals surface area (Å²) in [4.78, 5) is 4.00. The van der Waals surface area contributed by atoms with Crippen molar-refractivity contribution in [3.8, 4) is 0 Å². The Hall–Kier alpha value is -1.03. The highest BCUT2D eigenvalue weighted by atomic mass is 32.2. The highest BCUT2D eigenvalue weighted by Crippen LogP contribution is 2.16. The SMILES string of the molecule is CCNCc1ccc(S(=O)(=O)N2CCS(=O)(=O)CC2)nc1. The van der Waals surface area contributed by atoms with E-state index in [-0.39, 0.29) is 29.6 Å². The third-order valence-electron chi connectivity index (χ3n) is 3.28. The van der Waals surface area contributed by atoms with Gasteiger partial charge in [-0.05, 0) is 18.2 Å². The Morgan fingerprint density at radius 1 is 1.29 bits per heavy atom. The number of pyridine rings is 1. The number of hydrogen-bond acceptors (Lipinski definition) is 6. The third-order valence-corrected chi connectivity index (χ3v) is 6.71. The first kappa shape index (κ1) is 16.3. The van der Waals surface area contributed by atoms with E-state index in [9.17, 15) is 16.8 Å². The van der Waals surface area contributed by atoms with Gasteiger partial charge >= 0.3 is 0 Å². The molecule has 2 heterocycles. The van der Waals surface area contributed by atoms with Crippen LogP contribution in [-0.4, -0.2) is 57.3 Å². The van der Waals surface area contributed by atoms with Gasteiger partial charge in [0.25, 0.3) is 10.0 Å². The summed E-state index contributed by atoms with van der Waals surface area (Å²) < 4.78 is 48.7. The number of rotatable bonds is 5. The van der Waals surface area contributed by atoms with Crippen molar-refractivity contribution < 1.29 is 16.8 Å². The minimum Gasteiger partial charge on any atom is -0.313 e. The highest BCUT2D eigenvalue weighted by Gasteiger charge is 2.31. The Bertz CT molecular complexity index is 670. The van der Waals surface area contributed by atoms with Crippen molar-refractivity contribution in [2.24, 2.45) is 0 Å². The Labute approximate surface area is 125 Å². The fourth-order valence-corrected chi connectivity index (χ4v) is 4.79. The monoisotopic (exact) mass is 333 g/mol. The van der Waals surface area contributed by atoms with E-state index in [1.54, 1.807) is 6.07 Å². The fourth-order valence-electron chi connectivity index (χ4n) is 2.01. The van der Waals surface area contributed by atoms with Crippen LogP contribution >= 0.6 is 0 Å². The molecule has 2 rings (SSSR count). The third kappa shape index (κ3) is 4.00. The van der Waals surface area contributed by atoms with Gasteiger partial charge in [0, 0.05) is 25.8 Å². The zero-order chi connectivity index (χ0) is 15.5. The van der Waals surface area contributed by atoms with Gasteiger partial charge in [0.1, 0.15) is 0 Å². The van der Waals surface area contributed by atoms with Gasteiger partial charge in [-0.1, -0.05) is 13.0 Å². The molecule has 1 aromatic rings. The Balaban J connectivity index is 2.12. The molecular formula is C12H19N3O4S2. The zero-order valence-corrected chi connectivity index (χ0v) is 13.5. The first-order valence-electron chi connectivity index (χ1n) is 6.71. The molecule has 0 radical (unpaired) electrons. The van der Waals surface area contributed by atoms with Crippen LogP contribution < -0.4 is 5.32 Å². The molecule has 1 aliphatic rings. The normalized spacial score (nSPS) is 19.5. The largest absolute Gasteiger partial charge is 0.313 e. The topological polar surface area (TPSA) is 96.4 Å². The summed E-state index contributed by atoms with van der Waals surface area (Å²) in [5.74, 6) is -0.268. The van der Waals surface area contributed by atoms with Crippen LogP contribution in [0.25, 0.3) is 0 Å². The van der Waals surface area contributed by atoms with Crippen LogP contribution in [0, 0.1) is 0 Å². The molecule has 0 unspecified atom stereocenters. The molecule has 118 valence electrons. The minimum atomic E-state index is -3.71. The van der Waals surface area contributed by atoms with Crippen LogP contribution in [-0.2, 0) is 26.4 Å². The van der Waals surface area contributed by atoms with Crippen LogP contribution in [0.2, 0.25) is 0 Å². The second-order valence-electron chi connectivity index (χ2n) is 4.84. The van der Waals surface area contributed by atoms with E-state index in [1.165, 1.54) is 16.6 Å². The molecular weight excluding hydrogens is 314 g/mol. The van der Waals surface area contributed by atoms with Gasteiger partial charge in [-0.25, -0.2) is 21.8 Å². The summed E-state index contributed by atoms with van der Waals surface area (Å²) >= 11 is 0. The summed E-state index contributed by atoms with van der Waals surface area (Å²) in [7, 11) is -6.82.